The van der Waals surface area contributed by atoms with Crippen LogP contribution in [0, 0.1) is 6.92 Å². The van der Waals surface area contributed by atoms with E-state index in [2.05, 4.69) is 36.2 Å². The van der Waals surface area contributed by atoms with Gasteiger partial charge in [0.15, 0.2) is 0 Å². The van der Waals surface area contributed by atoms with Crippen molar-refractivity contribution in [3.8, 4) is 17.1 Å². The molecule has 37 heavy (non-hydrogen) atoms. The number of carbonyl (C=O) groups excluding carboxylic acids is 1. The minimum absolute atomic E-state index is 0.215. The maximum Gasteiger partial charge on any atom is 0.410 e. The van der Waals surface area contributed by atoms with Gasteiger partial charge in [-0.05, 0) is 93.5 Å². The van der Waals surface area contributed by atoms with E-state index in [0.717, 1.165) is 52.1 Å². The van der Waals surface area contributed by atoms with E-state index in [1.54, 1.807) is 0 Å². The van der Waals surface area contributed by atoms with Crippen LogP contribution >= 0.6 is 0 Å². The van der Waals surface area contributed by atoms with Crippen molar-refractivity contribution in [1.82, 2.24) is 14.9 Å². The average Bonchev–Trinajstić information content (AvgIpc) is 3.32. The summed E-state index contributed by atoms with van der Waals surface area (Å²) in [4.78, 5) is 22.7. The lowest BCUT2D eigenvalue weighted by Crippen LogP contribution is -2.41. The van der Waals surface area contributed by atoms with Gasteiger partial charge >= 0.3 is 6.09 Å². The third kappa shape index (κ3) is 5.96. The Kier molecular flexibility index (Phi) is 6.92. The number of likely N-dealkylation sites (tertiary alicyclic amines) is 1. The van der Waals surface area contributed by atoms with Crippen LogP contribution < -0.4 is 4.74 Å². The fourth-order valence-corrected chi connectivity index (χ4v) is 4.86. The number of benzene rings is 3. The second-order valence-corrected chi connectivity index (χ2v) is 10.9. The number of aryl methyl sites for hydroxylation is 1. The van der Waals surface area contributed by atoms with Gasteiger partial charge in [-0.2, -0.15) is 0 Å². The fourth-order valence-electron chi connectivity index (χ4n) is 4.86. The van der Waals surface area contributed by atoms with Crippen LogP contribution in [-0.2, 0) is 11.3 Å². The van der Waals surface area contributed by atoms with Crippen LogP contribution in [0.15, 0.2) is 66.7 Å². The SMILES string of the molecule is Cc1cc(C2CCN(C(=O)OC(C)(C)C)CC2)cc2[nH]c(-c3ccc(OCc4ccccc4)cc3)nc12. The average molecular weight is 498 g/mol. The Morgan fingerprint density at radius 3 is 2.41 bits per heavy atom. The molecule has 0 aliphatic carbocycles. The number of hydrogen-bond donors (Lipinski definition) is 1. The van der Waals surface area contributed by atoms with E-state index in [9.17, 15) is 4.79 Å². The molecule has 1 aromatic heterocycles. The number of H-pyrrole nitrogens is 1. The number of hydrogen-bond acceptors (Lipinski definition) is 4. The lowest BCUT2D eigenvalue weighted by Gasteiger charge is -2.33. The minimum Gasteiger partial charge on any atom is -0.489 e. The first-order valence-corrected chi connectivity index (χ1v) is 13.0. The van der Waals surface area contributed by atoms with Crippen molar-refractivity contribution in [2.24, 2.45) is 0 Å². The summed E-state index contributed by atoms with van der Waals surface area (Å²) >= 11 is 0. The highest BCUT2D eigenvalue weighted by Gasteiger charge is 2.28. The van der Waals surface area contributed by atoms with Crippen LogP contribution in [0.4, 0.5) is 4.79 Å². The smallest absolute Gasteiger partial charge is 0.410 e. The van der Waals surface area contributed by atoms with E-state index in [-0.39, 0.29) is 6.09 Å². The summed E-state index contributed by atoms with van der Waals surface area (Å²) < 4.78 is 11.5. The first kappa shape index (κ1) is 24.9. The quantitative estimate of drug-likeness (QED) is 0.316. The Morgan fingerprint density at radius 1 is 1.03 bits per heavy atom. The van der Waals surface area contributed by atoms with Crippen LogP contribution in [0.2, 0.25) is 0 Å². The van der Waals surface area contributed by atoms with Gasteiger partial charge in [0.1, 0.15) is 23.8 Å². The maximum absolute atomic E-state index is 12.4. The van der Waals surface area contributed by atoms with E-state index < -0.39 is 5.60 Å². The number of ether oxygens (including phenoxy) is 2. The van der Waals surface area contributed by atoms with Crippen molar-refractivity contribution >= 4 is 17.1 Å². The molecule has 192 valence electrons. The van der Waals surface area contributed by atoms with Crippen molar-refractivity contribution in [3.63, 3.8) is 0 Å². The van der Waals surface area contributed by atoms with Crippen molar-refractivity contribution in [3.05, 3.63) is 83.4 Å². The molecule has 0 radical (unpaired) electrons. The molecular formula is C31H35N3O3. The zero-order valence-corrected chi connectivity index (χ0v) is 22.1. The van der Waals surface area contributed by atoms with Gasteiger partial charge in [-0.1, -0.05) is 36.4 Å². The van der Waals surface area contributed by atoms with Gasteiger partial charge < -0.3 is 19.4 Å². The fraction of sp³-hybridized carbons (Fsp3) is 0.355. The molecule has 3 aromatic carbocycles. The van der Waals surface area contributed by atoms with Gasteiger partial charge in [-0.25, -0.2) is 9.78 Å². The van der Waals surface area contributed by atoms with Crippen LogP contribution in [0.25, 0.3) is 22.4 Å². The summed E-state index contributed by atoms with van der Waals surface area (Å²) in [6, 6.07) is 22.7. The van der Waals surface area contributed by atoms with Gasteiger partial charge in [0.05, 0.1) is 11.0 Å². The summed E-state index contributed by atoms with van der Waals surface area (Å²) in [5, 5.41) is 0. The Hall–Kier alpha value is -3.80. The normalized spacial score (nSPS) is 14.6. The molecular weight excluding hydrogens is 462 g/mol. The van der Waals surface area contributed by atoms with Gasteiger partial charge in [0, 0.05) is 18.7 Å². The Labute approximate surface area is 218 Å². The highest BCUT2D eigenvalue weighted by molar-refractivity contribution is 5.83. The summed E-state index contributed by atoms with van der Waals surface area (Å²) in [6.45, 7) is 9.80. The summed E-state index contributed by atoms with van der Waals surface area (Å²) in [7, 11) is 0. The monoisotopic (exact) mass is 497 g/mol. The van der Waals surface area contributed by atoms with E-state index in [0.29, 0.717) is 25.6 Å². The number of piperidine rings is 1. The zero-order valence-electron chi connectivity index (χ0n) is 22.1. The second kappa shape index (κ2) is 10.3. The van der Waals surface area contributed by atoms with Crippen molar-refractivity contribution in [2.45, 2.75) is 58.7 Å². The molecule has 1 aliphatic rings. The van der Waals surface area contributed by atoms with E-state index in [4.69, 9.17) is 14.5 Å². The lowest BCUT2D eigenvalue weighted by atomic mass is 9.88. The molecule has 0 saturated carbocycles. The molecule has 6 heteroatoms. The second-order valence-electron chi connectivity index (χ2n) is 10.9. The zero-order chi connectivity index (χ0) is 26.0. The predicted molar refractivity (Wildman–Crippen MR) is 147 cm³/mol. The number of nitrogens with zero attached hydrogens (tertiary/aromatic N) is 2. The molecule has 1 fully saturated rings. The Balaban J connectivity index is 1.26. The molecule has 0 unspecified atom stereocenters. The lowest BCUT2D eigenvalue weighted by molar-refractivity contribution is 0.0205. The standard InChI is InChI=1S/C31H35N3O3/c1-21-18-25(23-14-16-34(17-15-23)30(35)37-31(2,3)4)19-27-28(21)33-29(32-27)24-10-12-26(13-11-24)36-20-22-8-6-5-7-9-22/h5-13,18-19,23H,14-17,20H2,1-4H3,(H,32,33). The molecule has 4 aromatic rings. The van der Waals surface area contributed by atoms with Crippen LogP contribution in [0.1, 0.15) is 56.2 Å². The van der Waals surface area contributed by atoms with Crippen molar-refractivity contribution in [2.75, 3.05) is 13.1 Å². The Morgan fingerprint density at radius 2 is 1.73 bits per heavy atom. The minimum atomic E-state index is -0.468. The van der Waals surface area contributed by atoms with Gasteiger partial charge in [0.25, 0.3) is 0 Å². The molecule has 1 saturated heterocycles. The van der Waals surface area contributed by atoms with E-state index >= 15 is 0 Å². The van der Waals surface area contributed by atoms with Crippen molar-refractivity contribution < 1.29 is 14.3 Å². The first-order valence-electron chi connectivity index (χ1n) is 13.0. The van der Waals surface area contributed by atoms with Crippen LogP contribution in [-0.4, -0.2) is 39.7 Å². The van der Waals surface area contributed by atoms with Gasteiger partial charge in [-0.15, -0.1) is 0 Å². The summed E-state index contributed by atoms with van der Waals surface area (Å²) in [6.07, 6.45) is 1.64. The number of amides is 1. The summed E-state index contributed by atoms with van der Waals surface area (Å²) in [5.41, 5.74) is 6.20. The molecule has 0 atom stereocenters. The third-order valence-corrected chi connectivity index (χ3v) is 6.79. The maximum atomic E-state index is 12.4. The van der Waals surface area contributed by atoms with E-state index in [1.165, 1.54) is 5.56 Å². The highest BCUT2D eigenvalue weighted by atomic mass is 16.6. The van der Waals surface area contributed by atoms with Gasteiger partial charge in [-0.3, -0.25) is 0 Å². The van der Waals surface area contributed by atoms with Crippen molar-refractivity contribution in [1.29, 1.82) is 0 Å². The number of aromatic amines is 1. The number of nitrogens with one attached hydrogen (secondary N) is 1. The van der Waals surface area contributed by atoms with Gasteiger partial charge in [0.2, 0.25) is 0 Å². The molecule has 1 amide bonds. The Bertz CT molecular complexity index is 1360. The molecule has 0 bridgehead atoms. The van der Waals surface area contributed by atoms with Crippen LogP contribution in [0.5, 0.6) is 5.75 Å². The molecule has 6 nitrogen and oxygen atoms in total. The predicted octanol–water partition coefficient (Wildman–Crippen LogP) is 7.23. The van der Waals surface area contributed by atoms with Crippen LogP contribution in [0.3, 0.4) is 0 Å². The number of aromatic nitrogens is 2. The topological polar surface area (TPSA) is 67.5 Å². The number of imidazole rings is 1. The number of fused-ring (bicyclic) bond motifs is 1. The molecule has 5 rings (SSSR count). The third-order valence-electron chi connectivity index (χ3n) is 6.79. The molecule has 0 spiro atoms. The molecule has 1 N–H and O–H groups in total. The molecule has 2 heterocycles. The largest absolute Gasteiger partial charge is 0.489 e. The summed E-state index contributed by atoms with van der Waals surface area (Å²) in [5.74, 6) is 2.10. The number of carbonyl (C=O) groups is 1. The molecule has 1 aliphatic heterocycles. The first-order chi connectivity index (χ1) is 17.7. The van der Waals surface area contributed by atoms with E-state index in [1.807, 2.05) is 68.1 Å². The highest BCUT2D eigenvalue weighted by Crippen LogP contribution is 2.33. The number of rotatable bonds is 5.